The van der Waals surface area contributed by atoms with E-state index in [4.69, 9.17) is 0 Å². The number of likely N-dealkylation sites (N-methyl/N-ethyl adjacent to an activating group) is 1. The first-order chi connectivity index (χ1) is 9.10. The molecule has 0 radical (unpaired) electrons. The summed E-state index contributed by atoms with van der Waals surface area (Å²) in [6.07, 6.45) is 0.844. The molecule has 1 atom stereocenters. The Bertz CT molecular complexity index is 531. The van der Waals surface area contributed by atoms with E-state index in [2.05, 4.69) is 23.4 Å². The van der Waals surface area contributed by atoms with Crippen LogP contribution in [0.1, 0.15) is 29.9 Å². The van der Waals surface area contributed by atoms with Gasteiger partial charge in [0.15, 0.2) is 0 Å². The fourth-order valence-corrected chi connectivity index (χ4v) is 2.31. The number of aryl methyl sites for hydroxylation is 2. The van der Waals surface area contributed by atoms with Gasteiger partial charge in [-0.15, -0.1) is 0 Å². The number of halogens is 1. The Morgan fingerprint density at radius 1 is 1.32 bits per heavy atom. The second-order valence-corrected chi connectivity index (χ2v) is 4.77. The van der Waals surface area contributed by atoms with Crippen LogP contribution in [0.4, 0.5) is 4.39 Å². The Morgan fingerprint density at radius 3 is 2.53 bits per heavy atom. The monoisotopic (exact) mass is 261 g/mol. The lowest BCUT2D eigenvalue weighted by Gasteiger charge is -2.18. The average Bonchev–Trinajstić information content (AvgIpc) is 2.68. The molecular weight excluding hydrogens is 241 g/mol. The summed E-state index contributed by atoms with van der Waals surface area (Å²) in [5.74, 6) is -0.199. The lowest BCUT2D eigenvalue weighted by Crippen LogP contribution is -2.23. The highest BCUT2D eigenvalue weighted by molar-refractivity contribution is 5.22. The van der Waals surface area contributed by atoms with Crippen molar-refractivity contribution in [2.24, 2.45) is 7.05 Å². The Labute approximate surface area is 113 Å². The summed E-state index contributed by atoms with van der Waals surface area (Å²) in [6, 6.07) is 8.97. The zero-order chi connectivity index (χ0) is 13.8. The molecule has 0 saturated carbocycles. The zero-order valence-electron chi connectivity index (χ0n) is 11.7. The Kier molecular flexibility index (Phi) is 4.32. The van der Waals surface area contributed by atoms with Gasteiger partial charge in [0, 0.05) is 25.2 Å². The van der Waals surface area contributed by atoms with Crippen molar-refractivity contribution in [3.8, 4) is 0 Å². The largest absolute Gasteiger partial charge is 0.310 e. The van der Waals surface area contributed by atoms with E-state index in [-0.39, 0.29) is 11.9 Å². The van der Waals surface area contributed by atoms with E-state index in [0.29, 0.717) is 0 Å². The lowest BCUT2D eigenvalue weighted by atomic mass is 10.0. The van der Waals surface area contributed by atoms with E-state index >= 15 is 0 Å². The van der Waals surface area contributed by atoms with Gasteiger partial charge in [-0.3, -0.25) is 4.68 Å². The molecule has 19 heavy (non-hydrogen) atoms. The van der Waals surface area contributed by atoms with Crippen LogP contribution >= 0.6 is 0 Å². The molecule has 1 unspecified atom stereocenters. The molecule has 0 amide bonds. The standard InChI is InChI=1S/C15H20FN3/c1-4-17-15(12-5-7-13(16)8-6-12)10-14-9-11(2)18-19(14)3/h5-9,15,17H,4,10H2,1-3H3. The molecule has 1 N–H and O–H groups in total. The summed E-state index contributed by atoms with van der Waals surface area (Å²) in [6.45, 7) is 4.94. The Balaban J connectivity index is 2.20. The van der Waals surface area contributed by atoms with Gasteiger partial charge in [0.05, 0.1) is 5.69 Å². The molecule has 1 aromatic heterocycles. The van der Waals surface area contributed by atoms with Crippen molar-refractivity contribution in [2.75, 3.05) is 6.54 Å². The first-order valence-corrected chi connectivity index (χ1v) is 6.58. The van der Waals surface area contributed by atoms with Crippen LogP contribution in [-0.2, 0) is 13.5 Å². The Morgan fingerprint density at radius 2 is 2.00 bits per heavy atom. The van der Waals surface area contributed by atoms with Gasteiger partial charge in [0.1, 0.15) is 5.82 Å². The molecule has 4 heteroatoms. The summed E-state index contributed by atoms with van der Waals surface area (Å²) in [4.78, 5) is 0. The molecule has 0 bridgehead atoms. The van der Waals surface area contributed by atoms with Crippen LogP contribution in [-0.4, -0.2) is 16.3 Å². The van der Waals surface area contributed by atoms with E-state index < -0.39 is 0 Å². The third kappa shape index (κ3) is 3.41. The third-order valence-electron chi connectivity index (χ3n) is 3.24. The Hall–Kier alpha value is -1.68. The third-order valence-corrected chi connectivity index (χ3v) is 3.24. The number of rotatable bonds is 5. The minimum atomic E-state index is -0.199. The smallest absolute Gasteiger partial charge is 0.123 e. The molecule has 1 aromatic carbocycles. The van der Waals surface area contributed by atoms with Gasteiger partial charge < -0.3 is 5.32 Å². The highest BCUT2D eigenvalue weighted by Gasteiger charge is 2.14. The number of hydrogen-bond acceptors (Lipinski definition) is 2. The van der Waals surface area contributed by atoms with Crippen molar-refractivity contribution in [2.45, 2.75) is 26.3 Å². The molecule has 2 aromatic rings. The summed E-state index contributed by atoms with van der Waals surface area (Å²) in [5.41, 5.74) is 3.29. The summed E-state index contributed by atoms with van der Waals surface area (Å²) in [5, 5.41) is 7.80. The highest BCUT2D eigenvalue weighted by atomic mass is 19.1. The highest BCUT2D eigenvalue weighted by Crippen LogP contribution is 2.19. The SMILES string of the molecule is CCNC(Cc1cc(C)nn1C)c1ccc(F)cc1. The van der Waals surface area contributed by atoms with E-state index in [1.54, 1.807) is 0 Å². The fourth-order valence-electron chi connectivity index (χ4n) is 2.31. The molecule has 0 aliphatic heterocycles. The first-order valence-electron chi connectivity index (χ1n) is 6.58. The number of aromatic nitrogens is 2. The summed E-state index contributed by atoms with van der Waals surface area (Å²) >= 11 is 0. The van der Waals surface area contributed by atoms with Crippen LogP contribution in [0.5, 0.6) is 0 Å². The number of nitrogens with zero attached hydrogens (tertiary/aromatic N) is 2. The predicted molar refractivity (Wildman–Crippen MR) is 74.5 cm³/mol. The van der Waals surface area contributed by atoms with Crippen molar-refractivity contribution < 1.29 is 4.39 Å². The molecule has 102 valence electrons. The summed E-state index contributed by atoms with van der Waals surface area (Å²) < 4.78 is 14.9. The molecule has 0 spiro atoms. The number of nitrogens with one attached hydrogen (secondary N) is 1. The van der Waals surface area contributed by atoms with Crippen LogP contribution in [0.25, 0.3) is 0 Å². The molecule has 0 aliphatic rings. The van der Waals surface area contributed by atoms with Gasteiger partial charge in [0.25, 0.3) is 0 Å². The van der Waals surface area contributed by atoms with Crippen molar-refractivity contribution >= 4 is 0 Å². The van der Waals surface area contributed by atoms with Crippen LogP contribution in [0.3, 0.4) is 0 Å². The minimum absolute atomic E-state index is 0.181. The van der Waals surface area contributed by atoms with Gasteiger partial charge in [0.2, 0.25) is 0 Å². The van der Waals surface area contributed by atoms with Gasteiger partial charge in [-0.2, -0.15) is 5.10 Å². The van der Waals surface area contributed by atoms with Crippen molar-refractivity contribution in [1.82, 2.24) is 15.1 Å². The van der Waals surface area contributed by atoms with Crippen LogP contribution in [0, 0.1) is 12.7 Å². The van der Waals surface area contributed by atoms with Crippen molar-refractivity contribution in [3.63, 3.8) is 0 Å². The molecule has 3 nitrogen and oxygen atoms in total. The van der Waals surface area contributed by atoms with Gasteiger partial charge in [-0.05, 0) is 37.2 Å². The van der Waals surface area contributed by atoms with Crippen molar-refractivity contribution in [3.05, 3.63) is 53.1 Å². The van der Waals surface area contributed by atoms with E-state index in [1.807, 2.05) is 30.8 Å². The van der Waals surface area contributed by atoms with Gasteiger partial charge in [-0.25, -0.2) is 4.39 Å². The molecule has 0 saturated heterocycles. The number of benzene rings is 1. The molecular formula is C15H20FN3. The van der Waals surface area contributed by atoms with E-state index in [0.717, 1.165) is 24.2 Å². The predicted octanol–water partition coefficient (Wildman–Crippen LogP) is 2.76. The van der Waals surface area contributed by atoms with E-state index in [1.165, 1.54) is 17.8 Å². The maximum atomic E-state index is 13.0. The molecule has 1 heterocycles. The van der Waals surface area contributed by atoms with Crippen LogP contribution in [0.2, 0.25) is 0 Å². The maximum absolute atomic E-state index is 13.0. The van der Waals surface area contributed by atoms with Gasteiger partial charge in [-0.1, -0.05) is 19.1 Å². The quantitative estimate of drug-likeness (QED) is 0.897. The average molecular weight is 261 g/mol. The number of hydrogen-bond donors (Lipinski definition) is 1. The topological polar surface area (TPSA) is 29.9 Å². The first kappa shape index (κ1) is 13.7. The second kappa shape index (κ2) is 5.97. The second-order valence-electron chi connectivity index (χ2n) is 4.77. The molecule has 0 fully saturated rings. The minimum Gasteiger partial charge on any atom is -0.310 e. The molecule has 2 rings (SSSR count). The van der Waals surface area contributed by atoms with Crippen molar-refractivity contribution in [1.29, 1.82) is 0 Å². The molecule has 0 aliphatic carbocycles. The van der Waals surface area contributed by atoms with Crippen LogP contribution < -0.4 is 5.32 Å². The van der Waals surface area contributed by atoms with Gasteiger partial charge >= 0.3 is 0 Å². The maximum Gasteiger partial charge on any atom is 0.123 e. The normalized spacial score (nSPS) is 12.6. The zero-order valence-corrected chi connectivity index (χ0v) is 11.7. The van der Waals surface area contributed by atoms with E-state index in [9.17, 15) is 4.39 Å². The summed E-state index contributed by atoms with van der Waals surface area (Å²) in [7, 11) is 1.95. The van der Waals surface area contributed by atoms with Crippen LogP contribution in [0.15, 0.2) is 30.3 Å². The lowest BCUT2D eigenvalue weighted by molar-refractivity contribution is 0.527. The fraction of sp³-hybridized carbons (Fsp3) is 0.400.